The van der Waals surface area contributed by atoms with Gasteiger partial charge in [-0.2, -0.15) is 5.26 Å². The predicted octanol–water partition coefficient (Wildman–Crippen LogP) is 2.79. The lowest BCUT2D eigenvalue weighted by Crippen LogP contribution is -2.33. The summed E-state index contributed by atoms with van der Waals surface area (Å²) < 4.78 is 11.3. The summed E-state index contributed by atoms with van der Waals surface area (Å²) in [6, 6.07) is 5.52. The normalized spacial score (nSPS) is 14.5. The Bertz CT molecular complexity index is 640. The maximum absolute atomic E-state index is 11.3. The lowest BCUT2D eigenvalue weighted by molar-refractivity contribution is -0.120. The third kappa shape index (κ3) is 6.40. The van der Waals surface area contributed by atoms with Crippen LogP contribution in [-0.4, -0.2) is 50.7 Å². The van der Waals surface area contributed by atoms with E-state index in [1.165, 1.54) is 19.3 Å². The summed E-state index contributed by atoms with van der Waals surface area (Å²) in [5, 5.41) is 11.7. The second-order valence-electron chi connectivity index (χ2n) is 6.29. The van der Waals surface area contributed by atoms with Crippen LogP contribution in [0, 0.1) is 11.3 Å². The van der Waals surface area contributed by atoms with Gasteiger partial charge in [-0.3, -0.25) is 9.69 Å². The minimum Gasteiger partial charge on any atom is -0.493 e. The van der Waals surface area contributed by atoms with Crippen molar-refractivity contribution in [1.29, 1.82) is 5.26 Å². The first-order valence-corrected chi connectivity index (χ1v) is 9.37. The van der Waals surface area contributed by atoms with Gasteiger partial charge in [0, 0.05) is 13.1 Å². The van der Waals surface area contributed by atoms with Gasteiger partial charge in [-0.25, -0.2) is 0 Å². The van der Waals surface area contributed by atoms with Gasteiger partial charge in [-0.1, -0.05) is 18.0 Å². The molecule has 0 radical (unpaired) electrons. The second-order valence-corrected chi connectivity index (χ2v) is 6.70. The van der Waals surface area contributed by atoms with Crippen molar-refractivity contribution < 1.29 is 14.3 Å². The Morgan fingerprint density at radius 1 is 1.35 bits per heavy atom. The Balaban J connectivity index is 1.88. The highest BCUT2D eigenvalue weighted by Crippen LogP contribution is 2.36. The zero-order valence-corrected chi connectivity index (χ0v) is 16.0. The topological polar surface area (TPSA) is 74.6 Å². The molecule has 7 heteroatoms. The maximum atomic E-state index is 11.3. The molecule has 1 aliphatic heterocycles. The van der Waals surface area contributed by atoms with Gasteiger partial charge in [-0.15, -0.1) is 0 Å². The molecule has 0 spiro atoms. The van der Waals surface area contributed by atoms with Gasteiger partial charge in [0.25, 0.3) is 0 Å². The van der Waals surface area contributed by atoms with E-state index in [2.05, 4.69) is 10.2 Å². The van der Waals surface area contributed by atoms with Crippen molar-refractivity contribution in [2.45, 2.75) is 32.1 Å². The summed E-state index contributed by atoms with van der Waals surface area (Å²) in [5.74, 6) is 0.876. The van der Waals surface area contributed by atoms with Crippen LogP contribution in [0.1, 0.15) is 31.2 Å². The number of piperidine rings is 1. The van der Waals surface area contributed by atoms with Crippen LogP contribution in [0.5, 0.6) is 11.5 Å². The highest BCUT2D eigenvalue weighted by atomic mass is 35.5. The number of likely N-dealkylation sites (tertiary alicyclic amines) is 1. The number of hydrogen-bond acceptors (Lipinski definition) is 5. The predicted molar refractivity (Wildman–Crippen MR) is 101 cm³/mol. The molecule has 1 fully saturated rings. The molecule has 0 aliphatic carbocycles. The number of nitrogens with zero attached hydrogens (tertiary/aromatic N) is 2. The van der Waals surface area contributed by atoms with Gasteiger partial charge in [0.2, 0.25) is 5.91 Å². The molecule has 1 aromatic rings. The van der Waals surface area contributed by atoms with E-state index in [1.807, 2.05) is 18.2 Å². The lowest BCUT2D eigenvalue weighted by Gasteiger charge is -2.26. The number of nitriles is 1. The molecule has 0 aromatic heterocycles. The molecule has 2 rings (SSSR count). The van der Waals surface area contributed by atoms with Crippen LogP contribution in [0.2, 0.25) is 5.02 Å². The van der Waals surface area contributed by atoms with E-state index in [4.69, 9.17) is 26.3 Å². The fraction of sp³-hybridized carbons (Fsp3) is 0.579. The monoisotopic (exact) mass is 379 g/mol. The van der Waals surface area contributed by atoms with E-state index in [-0.39, 0.29) is 12.3 Å². The number of hydrogen-bond donors (Lipinski definition) is 1. The number of carbonyl (C=O) groups excluding carboxylic acids is 1. The standard InChI is InChI=1S/C19H26ClN3O3/c1-25-17-14-15(6-8-22-18(24)5-7-21)13-16(20)19(17)26-12-11-23-9-3-2-4-10-23/h13-14H,2-6,8-12H2,1H3,(H,22,24). The zero-order chi connectivity index (χ0) is 18.8. The number of benzene rings is 1. The molecule has 1 aliphatic rings. The molecular formula is C19H26ClN3O3. The van der Waals surface area contributed by atoms with Gasteiger partial charge in [0.05, 0.1) is 18.2 Å². The summed E-state index contributed by atoms with van der Waals surface area (Å²) in [6.45, 7) is 4.15. The molecule has 1 aromatic carbocycles. The van der Waals surface area contributed by atoms with E-state index in [0.29, 0.717) is 36.1 Å². The summed E-state index contributed by atoms with van der Waals surface area (Å²) >= 11 is 6.38. The Hall–Kier alpha value is -1.97. The summed E-state index contributed by atoms with van der Waals surface area (Å²) in [5.41, 5.74) is 0.937. The van der Waals surface area contributed by atoms with E-state index >= 15 is 0 Å². The minimum atomic E-state index is -0.275. The first kappa shape index (κ1) is 20.3. The number of nitrogens with one attached hydrogen (secondary N) is 1. The third-order valence-corrected chi connectivity index (χ3v) is 4.65. The summed E-state index contributed by atoms with van der Waals surface area (Å²) in [7, 11) is 1.58. The maximum Gasteiger partial charge on any atom is 0.234 e. The number of ether oxygens (including phenoxy) is 2. The molecule has 1 N–H and O–H groups in total. The van der Waals surface area contributed by atoms with Gasteiger partial charge < -0.3 is 14.8 Å². The Morgan fingerprint density at radius 2 is 2.12 bits per heavy atom. The zero-order valence-electron chi connectivity index (χ0n) is 15.2. The number of methoxy groups -OCH3 is 1. The molecule has 26 heavy (non-hydrogen) atoms. The van der Waals surface area contributed by atoms with Crippen molar-refractivity contribution in [3.63, 3.8) is 0 Å². The van der Waals surface area contributed by atoms with Crippen LogP contribution in [0.4, 0.5) is 0 Å². The molecule has 1 amide bonds. The Kier molecular flexibility index (Phi) is 8.52. The Labute approximate surface area is 160 Å². The molecule has 6 nitrogen and oxygen atoms in total. The molecular weight excluding hydrogens is 354 g/mol. The van der Waals surface area contributed by atoms with Crippen molar-refractivity contribution in [2.24, 2.45) is 0 Å². The van der Waals surface area contributed by atoms with Gasteiger partial charge in [-0.05, 0) is 50.0 Å². The van der Waals surface area contributed by atoms with Crippen molar-refractivity contribution in [3.8, 4) is 17.6 Å². The van der Waals surface area contributed by atoms with Crippen molar-refractivity contribution in [1.82, 2.24) is 10.2 Å². The lowest BCUT2D eigenvalue weighted by atomic mass is 10.1. The number of rotatable bonds is 9. The minimum absolute atomic E-state index is 0.131. The number of halogens is 1. The molecule has 1 saturated heterocycles. The Morgan fingerprint density at radius 3 is 2.81 bits per heavy atom. The largest absolute Gasteiger partial charge is 0.493 e. The first-order chi connectivity index (χ1) is 12.6. The summed E-state index contributed by atoms with van der Waals surface area (Å²) in [4.78, 5) is 13.7. The van der Waals surface area contributed by atoms with Crippen LogP contribution >= 0.6 is 11.6 Å². The van der Waals surface area contributed by atoms with E-state index in [1.54, 1.807) is 7.11 Å². The highest BCUT2D eigenvalue weighted by Gasteiger charge is 2.14. The fourth-order valence-corrected chi connectivity index (χ4v) is 3.29. The van der Waals surface area contributed by atoms with E-state index in [0.717, 1.165) is 25.2 Å². The second kappa shape index (κ2) is 10.9. The highest BCUT2D eigenvalue weighted by molar-refractivity contribution is 6.32. The smallest absolute Gasteiger partial charge is 0.234 e. The van der Waals surface area contributed by atoms with Crippen LogP contribution in [0.25, 0.3) is 0 Å². The average Bonchev–Trinajstić information content (AvgIpc) is 2.64. The van der Waals surface area contributed by atoms with E-state index < -0.39 is 0 Å². The van der Waals surface area contributed by atoms with E-state index in [9.17, 15) is 4.79 Å². The number of amides is 1. The molecule has 0 saturated carbocycles. The third-order valence-electron chi connectivity index (χ3n) is 4.37. The van der Waals surface area contributed by atoms with Crippen molar-refractivity contribution in [2.75, 3.05) is 39.9 Å². The van der Waals surface area contributed by atoms with Crippen LogP contribution in [0.15, 0.2) is 12.1 Å². The van der Waals surface area contributed by atoms with Crippen LogP contribution in [0.3, 0.4) is 0 Å². The quantitative estimate of drug-likeness (QED) is 0.714. The molecule has 0 atom stereocenters. The number of carbonyl (C=O) groups is 1. The first-order valence-electron chi connectivity index (χ1n) is 8.99. The molecule has 142 valence electrons. The van der Waals surface area contributed by atoms with Gasteiger partial charge >= 0.3 is 0 Å². The van der Waals surface area contributed by atoms with Crippen LogP contribution in [-0.2, 0) is 11.2 Å². The van der Waals surface area contributed by atoms with Crippen LogP contribution < -0.4 is 14.8 Å². The fourth-order valence-electron chi connectivity index (χ4n) is 3.00. The van der Waals surface area contributed by atoms with Crippen molar-refractivity contribution in [3.05, 3.63) is 22.7 Å². The summed E-state index contributed by atoms with van der Waals surface area (Å²) in [6.07, 6.45) is 4.29. The average molecular weight is 380 g/mol. The van der Waals surface area contributed by atoms with Crippen molar-refractivity contribution >= 4 is 17.5 Å². The molecule has 1 heterocycles. The molecule has 0 unspecified atom stereocenters. The van der Waals surface area contributed by atoms with Gasteiger partial charge in [0.15, 0.2) is 11.5 Å². The molecule has 0 bridgehead atoms. The SMILES string of the molecule is COc1cc(CCNC(=O)CC#N)cc(Cl)c1OCCN1CCCCC1. The van der Waals surface area contributed by atoms with Gasteiger partial charge in [0.1, 0.15) is 13.0 Å².